The second kappa shape index (κ2) is 8.27. The van der Waals surface area contributed by atoms with Crippen molar-refractivity contribution >= 4 is 38.2 Å². The molecule has 3 aromatic heterocycles. The summed E-state index contributed by atoms with van der Waals surface area (Å²) in [6.45, 7) is 0.284. The molecule has 0 radical (unpaired) electrons. The minimum atomic E-state index is -0.362. The van der Waals surface area contributed by atoms with Gasteiger partial charge in [0.1, 0.15) is 5.76 Å². The van der Waals surface area contributed by atoms with Gasteiger partial charge in [-0.15, -0.1) is 11.3 Å². The van der Waals surface area contributed by atoms with Crippen molar-refractivity contribution in [2.45, 2.75) is 19.5 Å². The van der Waals surface area contributed by atoms with Gasteiger partial charge in [-0.1, -0.05) is 24.3 Å². The maximum atomic E-state index is 12.5. The maximum absolute atomic E-state index is 12.5. The van der Waals surface area contributed by atoms with Crippen molar-refractivity contribution in [1.82, 2.24) is 20.1 Å². The van der Waals surface area contributed by atoms with E-state index in [9.17, 15) is 14.4 Å². The van der Waals surface area contributed by atoms with Crippen LogP contribution in [0.25, 0.3) is 31.8 Å². The van der Waals surface area contributed by atoms with Crippen molar-refractivity contribution in [3.8, 4) is 10.8 Å². The lowest BCUT2D eigenvalue weighted by atomic mass is 10.2. The molecular formula is C23H18N4O4S. The number of H-pyrrole nitrogens is 1. The first-order valence-electron chi connectivity index (χ1n) is 10.0. The monoisotopic (exact) mass is 446 g/mol. The number of benzene rings is 2. The lowest BCUT2D eigenvalue weighted by Crippen LogP contribution is -2.32. The fourth-order valence-electron chi connectivity index (χ4n) is 3.46. The number of rotatable bonds is 6. The van der Waals surface area contributed by atoms with E-state index >= 15 is 0 Å². The van der Waals surface area contributed by atoms with Gasteiger partial charge in [0.15, 0.2) is 10.8 Å². The Morgan fingerprint density at radius 2 is 1.81 bits per heavy atom. The fourth-order valence-corrected chi connectivity index (χ4v) is 4.38. The first kappa shape index (κ1) is 20.0. The molecule has 3 heterocycles. The molecule has 32 heavy (non-hydrogen) atoms. The molecule has 1 amide bonds. The number of aryl methyl sites for hydroxylation is 1. The maximum Gasteiger partial charge on any atom is 0.273 e. The highest BCUT2D eigenvalue weighted by atomic mass is 32.1. The summed E-state index contributed by atoms with van der Waals surface area (Å²) in [5, 5.41) is 6.74. The summed E-state index contributed by atoms with van der Waals surface area (Å²) < 4.78 is 8.07. The average molecular weight is 446 g/mol. The summed E-state index contributed by atoms with van der Waals surface area (Å²) in [5.74, 6) is 0.989. The molecule has 0 fully saturated rings. The van der Waals surface area contributed by atoms with E-state index in [2.05, 4.69) is 15.4 Å². The number of fused-ring (bicyclic) bond motifs is 2. The number of aromatic amines is 1. The molecule has 5 aromatic rings. The van der Waals surface area contributed by atoms with Crippen LogP contribution in [0.2, 0.25) is 0 Å². The largest absolute Gasteiger partial charge is 0.457 e. The highest BCUT2D eigenvalue weighted by Gasteiger charge is 2.12. The standard InChI is InChI=1S/C23H18N4O4S/c28-20(11-12-27-23(30)16-6-2-1-5-15(16)21(29)26-27)24-13-14-9-10-18(31-14)22-25-17-7-3-4-8-19(17)32-22/h1-10H,11-13H2,(H,24,28)(H,26,29). The number of thiazole rings is 1. The van der Waals surface area contributed by atoms with E-state index in [0.29, 0.717) is 22.3 Å². The number of hydrogen-bond acceptors (Lipinski definition) is 6. The summed E-state index contributed by atoms with van der Waals surface area (Å²) in [7, 11) is 0. The molecule has 160 valence electrons. The molecule has 0 saturated heterocycles. The zero-order chi connectivity index (χ0) is 22.1. The van der Waals surface area contributed by atoms with E-state index < -0.39 is 0 Å². The van der Waals surface area contributed by atoms with Gasteiger partial charge in [-0.25, -0.2) is 9.67 Å². The smallest absolute Gasteiger partial charge is 0.273 e. The van der Waals surface area contributed by atoms with E-state index in [4.69, 9.17) is 4.42 Å². The number of furan rings is 1. The Hall–Kier alpha value is -3.98. The predicted molar refractivity (Wildman–Crippen MR) is 123 cm³/mol. The molecule has 9 heteroatoms. The summed E-state index contributed by atoms with van der Waals surface area (Å²) in [6.07, 6.45) is 0.0413. The molecular weight excluding hydrogens is 428 g/mol. The third-order valence-electron chi connectivity index (χ3n) is 5.07. The van der Waals surface area contributed by atoms with Crippen molar-refractivity contribution in [1.29, 1.82) is 0 Å². The second-order valence-corrected chi connectivity index (χ2v) is 8.25. The summed E-state index contributed by atoms with van der Waals surface area (Å²) in [5.41, 5.74) is 0.221. The van der Waals surface area contributed by atoms with Gasteiger partial charge in [-0.05, 0) is 36.4 Å². The molecule has 0 spiro atoms. The topological polar surface area (TPSA) is 110 Å². The molecule has 0 aliphatic rings. The van der Waals surface area contributed by atoms with Crippen molar-refractivity contribution in [2.24, 2.45) is 0 Å². The van der Waals surface area contributed by atoms with Gasteiger partial charge < -0.3 is 9.73 Å². The van der Waals surface area contributed by atoms with Gasteiger partial charge in [0.2, 0.25) is 5.91 Å². The van der Waals surface area contributed by atoms with E-state index in [-0.39, 0.29) is 36.5 Å². The highest BCUT2D eigenvalue weighted by Crippen LogP contribution is 2.31. The highest BCUT2D eigenvalue weighted by molar-refractivity contribution is 7.21. The summed E-state index contributed by atoms with van der Waals surface area (Å²) in [6, 6.07) is 18.1. The quantitative estimate of drug-likeness (QED) is 0.416. The van der Waals surface area contributed by atoms with Gasteiger partial charge in [0.05, 0.1) is 34.1 Å². The molecule has 2 aromatic carbocycles. The molecule has 5 rings (SSSR count). The zero-order valence-electron chi connectivity index (χ0n) is 16.8. The van der Waals surface area contributed by atoms with Crippen LogP contribution in [-0.2, 0) is 17.9 Å². The average Bonchev–Trinajstić information content (AvgIpc) is 3.46. The Bertz CT molecular complexity index is 1530. The molecule has 8 nitrogen and oxygen atoms in total. The summed E-state index contributed by atoms with van der Waals surface area (Å²) >= 11 is 1.54. The normalized spacial score (nSPS) is 11.2. The van der Waals surface area contributed by atoms with Crippen LogP contribution in [0.5, 0.6) is 0 Å². The van der Waals surface area contributed by atoms with E-state index in [0.717, 1.165) is 15.2 Å². The van der Waals surface area contributed by atoms with Crippen LogP contribution in [0.4, 0.5) is 0 Å². The number of aromatic nitrogens is 3. The molecule has 0 aliphatic heterocycles. The van der Waals surface area contributed by atoms with Gasteiger partial charge in [0, 0.05) is 6.42 Å². The molecule has 0 aliphatic carbocycles. The Balaban J connectivity index is 1.22. The number of carbonyl (C=O) groups is 1. The Morgan fingerprint density at radius 3 is 2.66 bits per heavy atom. The van der Waals surface area contributed by atoms with Crippen molar-refractivity contribution < 1.29 is 9.21 Å². The van der Waals surface area contributed by atoms with Crippen LogP contribution >= 0.6 is 11.3 Å². The van der Waals surface area contributed by atoms with E-state index in [1.807, 2.05) is 30.3 Å². The van der Waals surface area contributed by atoms with Gasteiger partial charge in [-0.2, -0.15) is 0 Å². The minimum absolute atomic E-state index is 0.0413. The van der Waals surface area contributed by atoms with Crippen molar-refractivity contribution in [3.63, 3.8) is 0 Å². The Morgan fingerprint density at radius 1 is 1.03 bits per heavy atom. The number of para-hydroxylation sites is 1. The van der Waals surface area contributed by atoms with Crippen LogP contribution in [0, 0.1) is 0 Å². The van der Waals surface area contributed by atoms with Crippen LogP contribution in [-0.4, -0.2) is 20.7 Å². The molecule has 0 atom stereocenters. The first-order chi connectivity index (χ1) is 15.6. The number of carbonyl (C=O) groups excluding carboxylic acids is 1. The van der Waals surface area contributed by atoms with Crippen LogP contribution < -0.4 is 16.4 Å². The Kier molecular flexibility index (Phi) is 5.16. The lowest BCUT2D eigenvalue weighted by molar-refractivity contribution is -0.121. The van der Waals surface area contributed by atoms with Crippen molar-refractivity contribution in [3.05, 3.63) is 87.1 Å². The first-order valence-corrected chi connectivity index (χ1v) is 10.8. The molecule has 2 N–H and O–H groups in total. The van der Waals surface area contributed by atoms with Gasteiger partial charge in [0.25, 0.3) is 11.1 Å². The molecule has 0 bridgehead atoms. The van der Waals surface area contributed by atoms with Crippen molar-refractivity contribution in [2.75, 3.05) is 0 Å². The van der Waals surface area contributed by atoms with Crippen LogP contribution in [0.15, 0.2) is 74.7 Å². The Labute approximate surface area is 185 Å². The molecule has 0 saturated carbocycles. The lowest BCUT2D eigenvalue weighted by Gasteiger charge is -2.07. The van der Waals surface area contributed by atoms with E-state index in [1.165, 1.54) is 4.68 Å². The third-order valence-corrected chi connectivity index (χ3v) is 6.12. The number of nitrogens with zero attached hydrogens (tertiary/aromatic N) is 2. The number of nitrogens with one attached hydrogen (secondary N) is 2. The minimum Gasteiger partial charge on any atom is -0.457 e. The predicted octanol–water partition coefficient (Wildman–Crippen LogP) is 3.27. The third kappa shape index (κ3) is 3.85. The van der Waals surface area contributed by atoms with Crippen LogP contribution in [0.3, 0.4) is 0 Å². The van der Waals surface area contributed by atoms with Gasteiger partial charge in [-0.3, -0.25) is 19.5 Å². The number of hydrogen-bond donors (Lipinski definition) is 2. The summed E-state index contributed by atoms with van der Waals surface area (Å²) in [4.78, 5) is 41.5. The molecule has 0 unspecified atom stereocenters. The SMILES string of the molecule is O=C(CCn1[nH]c(=O)c2ccccc2c1=O)NCc1ccc(-c2nc3ccccc3s2)o1. The fraction of sp³-hybridized carbons (Fsp3) is 0.130. The van der Waals surface area contributed by atoms with E-state index in [1.54, 1.807) is 41.7 Å². The van der Waals surface area contributed by atoms with Gasteiger partial charge >= 0.3 is 0 Å². The number of amides is 1. The second-order valence-electron chi connectivity index (χ2n) is 7.22. The van der Waals surface area contributed by atoms with Crippen LogP contribution in [0.1, 0.15) is 12.2 Å². The zero-order valence-corrected chi connectivity index (χ0v) is 17.6.